The van der Waals surface area contributed by atoms with Gasteiger partial charge in [-0.15, -0.1) is 0 Å². The van der Waals surface area contributed by atoms with E-state index in [1.807, 2.05) is 0 Å². The van der Waals surface area contributed by atoms with Crippen LogP contribution in [0.1, 0.15) is 34.6 Å². The molecule has 8 nitrogen and oxygen atoms in total. The number of hydrogen-bond donors (Lipinski definition) is 1. The van der Waals surface area contributed by atoms with Crippen molar-refractivity contribution in [2.45, 2.75) is 59.0 Å². The Balaban J connectivity index is 4.40. The Labute approximate surface area is 122 Å². The van der Waals surface area contributed by atoms with Crippen molar-refractivity contribution in [1.29, 1.82) is 0 Å². The maximum absolute atomic E-state index is 11.6. The van der Waals surface area contributed by atoms with Crippen LogP contribution in [0.15, 0.2) is 0 Å². The minimum atomic E-state index is -1.38. The van der Waals surface area contributed by atoms with Gasteiger partial charge in [-0.3, -0.25) is 4.79 Å². The summed E-state index contributed by atoms with van der Waals surface area (Å²) in [5, 5.41) is 8.94. The van der Waals surface area contributed by atoms with Crippen LogP contribution in [0.4, 0.5) is 0 Å². The monoisotopic (exact) mass is 304 g/mol. The first-order valence-electron chi connectivity index (χ1n) is 6.36. The predicted octanol–water partition coefficient (Wildman–Crippen LogP) is -0.249. The van der Waals surface area contributed by atoms with Gasteiger partial charge in [-0.25, -0.2) is 14.4 Å². The second-order valence-electron chi connectivity index (χ2n) is 4.52. The van der Waals surface area contributed by atoms with Gasteiger partial charge in [0.15, 0.2) is 24.1 Å². The van der Waals surface area contributed by atoms with Crippen LogP contribution in [0.2, 0.25) is 0 Å². The highest BCUT2D eigenvalue weighted by Crippen LogP contribution is 2.04. The molecule has 1 N–H and O–H groups in total. The Kier molecular flexibility index (Phi) is 7.57. The first-order chi connectivity index (χ1) is 9.56. The summed E-state index contributed by atoms with van der Waals surface area (Å²) >= 11 is 0. The summed E-state index contributed by atoms with van der Waals surface area (Å²) in [5.41, 5.74) is 0. The number of Topliss-reactive ketones (excluding diaryl/α,β-unsaturated/α-hetero) is 1. The SMILES string of the molecule is CC(=O)C(C)OC(=O)C(C)OC(=O)C(C)OC(=O)C(C)O. The van der Waals surface area contributed by atoms with Crippen LogP contribution in [0.25, 0.3) is 0 Å². The number of rotatable bonds is 7. The molecule has 0 aliphatic heterocycles. The number of aliphatic hydroxyl groups excluding tert-OH is 1. The van der Waals surface area contributed by atoms with Crippen molar-refractivity contribution >= 4 is 23.7 Å². The molecule has 0 fully saturated rings. The molecule has 0 heterocycles. The Hall–Kier alpha value is -1.96. The third-order valence-corrected chi connectivity index (χ3v) is 2.46. The molecule has 4 unspecified atom stereocenters. The minimum absolute atomic E-state index is 0.346. The maximum atomic E-state index is 11.6. The lowest BCUT2D eigenvalue weighted by Gasteiger charge is -2.18. The van der Waals surface area contributed by atoms with Gasteiger partial charge in [0, 0.05) is 0 Å². The van der Waals surface area contributed by atoms with Crippen LogP contribution < -0.4 is 0 Å². The van der Waals surface area contributed by atoms with E-state index in [-0.39, 0.29) is 5.78 Å². The lowest BCUT2D eigenvalue weighted by molar-refractivity contribution is -0.181. The number of ketones is 1. The first kappa shape index (κ1) is 19.0. The maximum Gasteiger partial charge on any atom is 0.347 e. The molecule has 0 saturated heterocycles. The highest BCUT2D eigenvalue weighted by atomic mass is 16.6. The Morgan fingerprint density at radius 1 is 0.714 bits per heavy atom. The molecule has 0 aromatic carbocycles. The van der Waals surface area contributed by atoms with E-state index in [1.54, 1.807) is 0 Å². The van der Waals surface area contributed by atoms with Gasteiger partial charge in [0.2, 0.25) is 0 Å². The van der Waals surface area contributed by atoms with Crippen LogP contribution in [0, 0.1) is 0 Å². The predicted molar refractivity (Wildman–Crippen MR) is 69.0 cm³/mol. The van der Waals surface area contributed by atoms with Gasteiger partial charge < -0.3 is 19.3 Å². The van der Waals surface area contributed by atoms with Gasteiger partial charge in [-0.05, 0) is 34.6 Å². The fraction of sp³-hybridized carbons (Fsp3) is 0.692. The average molecular weight is 304 g/mol. The zero-order valence-corrected chi connectivity index (χ0v) is 12.6. The molecule has 0 radical (unpaired) electrons. The molecule has 0 aliphatic rings. The molecule has 120 valence electrons. The van der Waals surface area contributed by atoms with Crippen molar-refractivity contribution in [3.8, 4) is 0 Å². The van der Waals surface area contributed by atoms with Crippen LogP contribution in [0.5, 0.6) is 0 Å². The van der Waals surface area contributed by atoms with E-state index in [9.17, 15) is 19.2 Å². The molecule has 0 saturated carbocycles. The molecule has 4 atom stereocenters. The van der Waals surface area contributed by atoms with Crippen LogP contribution >= 0.6 is 0 Å². The molecular weight excluding hydrogens is 284 g/mol. The second-order valence-corrected chi connectivity index (χ2v) is 4.52. The van der Waals surface area contributed by atoms with Gasteiger partial charge in [0.05, 0.1) is 0 Å². The van der Waals surface area contributed by atoms with E-state index in [0.29, 0.717) is 0 Å². The van der Waals surface area contributed by atoms with Crippen LogP contribution in [-0.4, -0.2) is 53.2 Å². The third-order valence-electron chi connectivity index (χ3n) is 2.46. The smallest absolute Gasteiger partial charge is 0.347 e. The van der Waals surface area contributed by atoms with E-state index in [2.05, 4.69) is 4.74 Å². The molecule has 21 heavy (non-hydrogen) atoms. The fourth-order valence-corrected chi connectivity index (χ4v) is 0.992. The normalized spacial score (nSPS) is 16.1. The Morgan fingerprint density at radius 3 is 1.38 bits per heavy atom. The van der Waals surface area contributed by atoms with Gasteiger partial charge in [-0.1, -0.05) is 0 Å². The zero-order valence-electron chi connectivity index (χ0n) is 12.6. The fourth-order valence-electron chi connectivity index (χ4n) is 0.992. The molecule has 0 spiro atoms. The molecule has 0 aromatic rings. The number of esters is 3. The number of aliphatic hydroxyl groups is 1. The summed E-state index contributed by atoms with van der Waals surface area (Å²) in [6.07, 6.45) is -4.86. The number of hydrogen-bond acceptors (Lipinski definition) is 8. The molecule has 0 bridgehead atoms. The lowest BCUT2D eigenvalue weighted by Crippen LogP contribution is -2.36. The van der Waals surface area contributed by atoms with Gasteiger partial charge in [0.1, 0.15) is 6.10 Å². The van der Waals surface area contributed by atoms with Crippen LogP contribution in [0.3, 0.4) is 0 Å². The molecule has 0 amide bonds. The van der Waals surface area contributed by atoms with Crippen molar-refractivity contribution in [3.63, 3.8) is 0 Å². The van der Waals surface area contributed by atoms with E-state index in [1.165, 1.54) is 34.6 Å². The van der Waals surface area contributed by atoms with Crippen molar-refractivity contribution in [3.05, 3.63) is 0 Å². The van der Waals surface area contributed by atoms with Gasteiger partial charge in [-0.2, -0.15) is 0 Å². The Morgan fingerprint density at radius 2 is 1.05 bits per heavy atom. The van der Waals surface area contributed by atoms with E-state index in [4.69, 9.17) is 14.6 Å². The van der Waals surface area contributed by atoms with E-state index < -0.39 is 42.3 Å². The van der Waals surface area contributed by atoms with Gasteiger partial charge in [0.25, 0.3) is 0 Å². The minimum Gasteiger partial charge on any atom is -0.452 e. The van der Waals surface area contributed by atoms with Crippen molar-refractivity contribution in [2.75, 3.05) is 0 Å². The quantitative estimate of drug-likeness (QED) is 0.505. The van der Waals surface area contributed by atoms with Crippen molar-refractivity contribution < 1.29 is 38.5 Å². The average Bonchev–Trinajstić information content (AvgIpc) is 2.37. The first-order valence-corrected chi connectivity index (χ1v) is 6.36. The van der Waals surface area contributed by atoms with E-state index in [0.717, 1.165) is 0 Å². The molecule has 0 rings (SSSR count). The number of carbonyl (C=O) groups excluding carboxylic acids is 4. The summed E-state index contributed by atoms with van der Waals surface area (Å²) in [6.45, 7) is 6.33. The Bertz CT molecular complexity index is 414. The summed E-state index contributed by atoms with van der Waals surface area (Å²) in [6, 6.07) is 0. The number of carbonyl (C=O) groups is 4. The van der Waals surface area contributed by atoms with Crippen LogP contribution in [-0.2, 0) is 33.4 Å². The summed E-state index contributed by atoms with van der Waals surface area (Å²) in [5.74, 6) is -3.19. The number of ether oxygens (including phenoxy) is 3. The van der Waals surface area contributed by atoms with Gasteiger partial charge >= 0.3 is 17.9 Å². The molecular formula is C13H20O8. The summed E-state index contributed by atoms with van der Waals surface area (Å²) in [7, 11) is 0. The largest absolute Gasteiger partial charge is 0.452 e. The van der Waals surface area contributed by atoms with Crippen molar-refractivity contribution in [1.82, 2.24) is 0 Å². The zero-order chi connectivity index (χ0) is 16.7. The molecule has 8 heteroatoms. The second kappa shape index (κ2) is 8.35. The topological polar surface area (TPSA) is 116 Å². The lowest BCUT2D eigenvalue weighted by atomic mass is 10.3. The third kappa shape index (κ3) is 6.84. The van der Waals surface area contributed by atoms with Crippen molar-refractivity contribution in [2.24, 2.45) is 0 Å². The van der Waals surface area contributed by atoms with E-state index >= 15 is 0 Å². The summed E-state index contributed by atoms with van der Waals surface area (Å²) < 4.78 is 14.1. The molecule has 0 aromatic heterocycles. The molecule has 0 aliphatic carbocycles. The summed E-state index contributed by atoms with van der Waals surface area (Å²) in [4.78, 5) is 45.2. The highest BCUT2D eigenvalue weighted by Gasteiger charge is 2.27. The standard InChI is InChI=1S/C13H20O8/c1-6(14)8(3)19-12(17)10(5)21-13(18)9(4)20-11(16)7(2)15/h7-10,15H,1-5H3. The highest BCUT2D eigenvalue weighted by molar-refractivity contribution is 5.86.